The van der Waals surface area contributed by atoms with Crippen LogP contribution in [0.3, 0.4) is 0 Å². The molecule has 0 aliphatic heterocycles. The van der Waals surface area contributed by atoms with Gasteiger partial charge in [-0.1, -0.05) is 13.8 Å². The molecule has 0 saturated carbocycles. The van der Waals surface area contributed by atoms with E-state index in [2.05, 4.69) is 20.0 Å². The second-order valence-electron chi connectivity index (χ2n) is 8.18. The van der Waals surface area contributed by atoms with Crippen molar-refractivity contribution < 1.29 is 25.5 Å². The van der Waals surface area contributed by atoms with E-state index in [0.29, 0.717) is 0 Å². The van der Waals surface area contributed by atoms with E-state index in [0.717, 1.165) is 12.1 Å². The van der Waals surface area contributed by atoms with E-state index < -0.39 is 46.4 Å². The van der Waals surface area contributed by atoms with Crippen LogP contribution in [0.4, 0.5) is 13.2 Å². The third-order valence-electron chi connectivity index (χ3n) is 4.04. The molecule has 0 radical (unpaired) electrons. The van der Waals surface area contributed by atoms with Gasteiger partial charge in [0, 0.05) is 6.42 Å². The molecule has 0 aromatic rings. The third-order valence-corrected chi connectivity index (χ3v) is 20.4. The minimum atomic E-state index is -4.19. The van der Waals surface area contributed by atoms with Gasteiger partial charge in [-0.25, -0.2) is 0 Å². The van der Waals surface area contributed by atoms with Crippen LogP contribution in [0.5, 0.6) is 0 Å². The van der Waals surface area contributed by atoms with Gasteiger partial charge >= 0.3 is 23.3 Å². The Morgan fingerprint density at radius 1 is 0.708 bits per heavy atom. The van der Waals surface area contributed by atoms with Crippen molar-refractivity contribution in [1.82, 2.24) is 0 Å². The Kier molecular flexibility index (Phi) is 8.67. The van der Waals surface area contributed by atoms with Gasteiger partial charge in [-0.05, 0) is 64.0 Å². The summed E-state index contributed by atoms with van der Waals surface area (Å²) in [6.45, 7) is 18.1. The van der Waals surface area contributed by atoms with Gasteiger partial charge in [0.05, 0.1) is 0 Å². The van der Waals surface area contributed by atoms with Crippen LogP contribution in [-0.4, -0.2) is 39.9 Å². The summed E-state index contributed by atoms with van der Waals surface area (Å²) in [6, 6.07) is 1.73. The smallest absolute Gasteiger partial charge is 0.389 e. The van der Waals surface area contributed by atoms with E-state index in [1.807, 2.05) is 33.1 Å². The second kappa shape index (κ2) is 8.48. The lowest BCUT2D eigenvalue weighted by atomic mass is 10.5. The van der Waals surface area contributed by atoms with Crippen molar-refractivity contribution in [2.75, 3.05) is 0 Å². The van der Waals surface area contributed by atoms with Gasteiger partial charge in [0.25, 0.3) is 0 Å². The monoisotopic (exact) mass is 420 g/mol. The first-order valence-corrected chi connectivity index (χ1v) is 20.2. The Bertz CT molecular complexity index is 403. The summed E-state index contributed by atoms with van der Waals surface area (Å²) in [4.78, 5) is 0. The van der Waals surface area contributed by atoms with E-state index in [-0.39, 0.29) is 6.04 Å². The van der Waals surface area contributed by atoms with Crippen molar-refractivity contribution in [3.8, 4) is 0 Å². The van der Waals surface area contributed by atoms with Gasteiger partial charge in [0.15, 0.2) is 16.6 Å². The number of rotatable bonds is 10. The van der Waals surface area contributed by atoms with Gasteiger partial charge in [-0.2, -0.15) is 13.2 Å². The standard InChI is InChI=1S/C14H35F3O3Si4/c1-10-21(3,4)18-23(7,8)20-24(9,13-12-14(15,16)17)19-22(5,6)11-2/h10-13H2,1-9H3. The second-order valence-corrected chi connectivity index (χ2v) is 24.7. The van der Waals surface area contributed by atoms with Crippen molar-refractivity contribution in [1.29, 1.82) is 0 Å². The van der Waals surface area contributed by atoms with Gasteiger partial charge < -0.3 is 12.3 Å². The third kappa shape index (κ3) is 10.5. The van der Waals surface area contributed by atoms with E-state index in [4.69, 9.17) is 12.3 Å². The summed E-state index contributed by atoms with van der Waals surface area (Å²) in [5.41, 5.74) is 0. The molecule has 0 aliphatic rings. The molecule has 0 rings (SSSR count). The van der Waals surface area contributed by atoms with Crippen molar-refractivity contribution in [3.05, 3.63) is 0 Å². The van der Waals surface area contributed by atoms with Crippen LogP contribution in [0, 0.1) is 0 Å². The minimum Gasteiger partial charge on any atom is -0.436 e. The maximum atomic E-state index is 12.8. The summed E-state index contributed by atoms with van der Waals surface area (Å²) >= 11 is 0. The molecule has 1 atom stereocenters. The number of hydrogen-bond acceptors (Lipinski definition) is 3. The Labute approximate surface area is 150 Å². The minimum absolute atomic E-state index is 0.0686. The van der Waals surface area contributed by atoms with Crippen molar-refractivity contribution >= 4 is 33.8 Å². The normalized spacial score (nSPS) is 17.0. The van der Waals surface area contributed by atoms with Crippen molar-refractivity contribution in [3.63, 3.8) is 0 Å². The zero-order valence-electron chi connectivity index (χ0n) is 16.7. The molecule has 10 heteroatoms. The number of halogens is 3. The molecule has 0 amide bonds. The molecule has 24 heavy (non-hydrogen) atoms. The molecule has 0 saturated heterocycles. The van der Waals surface area contributed by atoms with E-state index in [1.54, 1.807) is 6.55 Å². The zero-order valence-corrected chi connectivity index (χ0v) is 20.7. The summed E-state index contributed by atoms with van der Waals surface area (Å²) in [5.74, 6) is 0. The fourth-order valence-electron chi connectivity index (χ4n) is 2.43. The van der Waals surface area contributed by atoms with Crippen LogP contribution in [-0.2, 0) is 12.3 Å². The van der Waals surface area contributed by atoms with Crippen molar-refractivity contribution in [2.45, 2.75) is 90.4 Å². The fourth-order valence-corrected chi connectivity index (χ4v) is 20.4. The Hall–Kier alpha value is 0.538. The van der Waals surface area contributed by atoms with Gasteiger partial charge in [-0.15, -0.1) is 0 Å². The topological polar surface area (TPSA) is 27.7 Å². The maximum absolute atomic E-state index is 12.8. The SMILES string of the molecule is CC[Si](C)(C)O[Si](C)(C)O[Si](C)(CCC(F)(F)F)O[Si](C)(C)CC. The Morgan fingerprint density at radius 3 is 1.50 bits per heavy atom. The van der Waals surface area contributed by atoms with E-state index >= 15 is 0 Å². The van der Waals surface area contributed by atoms with Crippen LogP contribution in [0.25, 0.3) is 0 Å². The predicted octanol–water partition coefficient (Wildman–Crippen LogP) is 6.21. The van der Waals surface area contributed by atoms with Crippen LogP contribution >= 0.6 is 0 Å². The van der Waals surface area contributed by atoms with E-state index in [1.165, 1.54) is 0 Å². The molecule has 0 aliphatic carbocycles. The average molecular weight is 421 g/mol. The Morgan fingerprint density at radius 2 is 1.12 bits per heavy atom. The number of hydrogen-bond donors (Lipinski definition) is 0. The quantitative estimate of drug-likeness (QED) is 0.393. The molecule has 0 aromatic heterocycles. The van der Waals surface area contributed by atoms with Crippen molar-refractivity contribution in [2.24, 2.45) is 0 Å². The fraction of sp³-hybridized carbons (Fsp3) is 1.00. The first-order chi connectivity index (χ1) is 10.4. The van der Waals surface area contributed by atoms with Crippen LogP contribution < -0.4 is 0 Å². The molecule has 0 aromatic carbocycles. The summed E-state index contributed by atoms with van der Waals surface area (Å²) < 4.78 is 57.2. The molecular formula is C14H35F3O3Si4. The van der Waals surface area contributed by atoms with Gasteiger partial charge in [0.2, 0.25) is 0 Å². The molecule has 3 nitrogen and oxygen atoms in total. The zero-order chi connectivity index (χ0) is 19.4. The first-order valence-electron chi connectivity index (χ1n) is 8.62. The number of alkyl halides is 3. The highest BCUT2D eigenvalue weighted by molar-refractivity contribution is 6.89. The van der Waals surface area contributed by atoms with Crippen LogP contribution in [0.15, 0.2) is 0 Å². The summed E-state index contributed by atoms with van der Waals surface area (Å²) in [6.07, 6.45) is -5.05. The van der Waals surface area contributed by atoms with Crippen LogP contribution in [0.2, 0.25) is 64.0 Å². The summed E-state index contributed by atoms with van der Waals surface area (Å²) in [7, 11) is -9.39. The predicted molar refractivity (Wildman–Crippen MR) is 104 cm³/mol. The van der Waals surface area contributed by atoms with Gasteiger partial charge in [-0.3, -0.25) is 0 Å². The highest BCUT2D eigenvalue weighted by Crippen LogP contribution is 2.33. The highest BCUT2D eigenvalue weighted by Gasteiger charge is 2.47. The Balaban J connectivity index is 5.31. The van der Waals surface area contributed by atoms with Crippen LogP contribution in [0.1, 0.15) is 20.3 Å². The summed E-state index contributed by atoms with van der Waals surface area (Å²) in [5, 5.41) is 0. The first kappa shape index (κ1) is 24.5. The lowest BCUT2D eigenvalue weighted by Crippen LogP contribution is -2.57. The average Bonchev–Trinajstić information content (AvgIpc) is 2.33. The molecule has 0 fully saturated rings. The van der Waals surface area contributed by atoms with Gasteiger partial charge in [0.1, 0.15) is 0 Å². The van der Waals surface area contributed by atoms with E-state index in [9.17, 15) is 13.2 Å². The molecule has 0 heterocycles. The molecule has 146 valence electrons. The maximum Gasteiger partial charge on any atom is 0.389 e. The lowest BCUT2D eigenvalue weighted by molar-refractivity contribution is -0.131. The highest BCUT2D eigenvalue weighted by atomic mass is 28.5. The molecular weight excluding hydrogens is 385 g/mol. The molecule has 0 N–H and O–H groups in total. The largest absolute Gasteiger partial charge is 0.436 e. The molecule has 1 unspecified atom stereocenters. The molecule has 0 bridgehead atoms. The lowest BCUT2D eigenvalue weighted by Gasteiger charge is -2.42. The molecule has 0 spiro atoms.